The molecule has 18 heavy (non-hydrogen) atoms. The van der Waals surface area contributed by atoms with E-state index in [-0.39, 0.29) is 12.4 Å². The van der Waals surface area contributed by atoms with Gasteiger partial charge in [0.1, 0.15) is 5.75 Å². The van der Waals surface area contributed by atoms with Crippen LogP contribution in [0.5, 0.6) is 5.75 Å². The van der Waals surface area contributed by atoms with Crippen molar-refractivity contribution in [2.24, 2.45) is 0 Å². The normalized spacial score (nSPS) is 10.1. The van der Waals surface area contributed by atoms with Crippen LogP contribution in [-0.4, -0.2) is 12.4 Å². The average Bonchev–Trinajstić information content (AvgIpc) is 2.38. The zero-order chi connectivity index (χ0) is 13.0. The fourth-order valence-electron chi connectivity index (χ4n) is 1.40. The summed E-state index contributed by atoms with van der Waals surface area (Å²) in [6, 6.07) is 14.9. The number of Topliss-reactive ketones (excluding diaryl/α,β-unsaturated/α-hetero) is 1. The summed E-state index contributed by atoms with van der Waals surface area (Å²) in [4.78, 5) is 11.9. The Kier molecular flexibility index (Phi) is 4.77. The molecule has 0 aliphatic heterocycles. The summed E-state index contributed by atoms with van der Waals surface area (Å²) in [5.41, 5.74) is 0.674. The van der Waals surface area contributed by atoms with Crippen LogP contribution in [0.4, 0.5) is 0 Å². The molecular weight excluding hydrogens is 407 g/mol. The Bertz CT molecular complexity index is 535. The summed E-state index contributed by atoms with van der Waals surface area (Å²) in [7, 11) is 0. The highest BCUT2D eigenvalue weighted by Crippen LogP contribution is 2.16. The second kappa shape index (κ2) is 6.33. The molecule has 2 rings (SSSR count). The Balaban J connectivity index is 1.96. The number of ketones is 1. The summed E-state index contributed by atoms with van der Waals surface area (Å²) >= 11 is 5.55. The van der Waals surface area contributed by atoms with Crippen LogP contribution in [0.1, 0.15) is 10.4 Å². The van der Waals surface area contributed by atoms with Crippen molar-refractivity contribution in [1.29, 1.82) is 0 Å². The summed E-state index contributed by atoms with van der Waals surface area (Å²) in [5, 5.41) is 0. The van der Waals surface area contributed by atoms with Crippen LogP contribution in [0.3, 0.4) is 0 Å². The van der Waals surface area contributed by atoms with Crippen LogP contribution < -0.4 is 4.74 Å². The first-order valence-corrected chi connectivity index (χ1v) is 7.19. The van der Waals surface area contributed by atoms with Gasteiger partial charge >= 0.3 is 0 Å². The maximum absolute atomic E-state index is 11.9. The van der Waals surface area contributed by atoms with Crippen molar-refractivity contribution >= 4 is 44.3 Å². The van der Waals surface area contributed by atoms with Crippen LogP contribution in [0.25, 0.3) is 0 Å². The first-order valence-electron chi connectivity index (χ1n) is 5.32. The number of hydrogen-bond donors (Lipinski definition) is 0. The Morgan fingerprint density at radius 3 is 2.28 bits per heavy atom. The molecule has 0 N–H and O–H groups in total. The zero-order valence-electron chi connectivity index (χ0n) is 9.40. The molecule has 0 aromatic heterocycles. The van der Waals surface area contributed by atoms with E-state index in [1.807, 2.05) is 48.5 Å². The lowest BCUT2D eigenvalue weighted by Crippen LogP contribution is -2.11. The van der Waals surface area contributed by atoms with E-state index in [2.05, 4.69) is 38.5 Å². The number of ether oxygens (including phenoxy) is 1. The van der Waals surface area contributed by atoms with Crippen molar-refractivity contribution in [3.05, 3.63) is 62.1 Å². The molecule has 0 saturated carbocycles. The molecule has 4 heteroatoms. The van der Waals surface area contributed by atoms with E-state index in [0.717, 1.165) is 8.04 Å². The van der Waals surface area contributed by atoms with Gasteiger partial charge in [-0.05, 0) is 59.0 Å². The van der Waals surface area contributed by atoms with Gasteiger partial charge in [0.25, 0.3) is 0 Å². The molecule has 0 aliphatic carbocycles. The predicted molar refractivity (Wildman–Crippen MR) is 83.1 cm³/mol. The van der Waals surface area contributed by atoms with Crippen LogP contribution in [0.2, 0.25) is 0 Å². The van der Waals surface area contributed by atoms with Gasteiger partial charge in [0.2, 0.25) is 0 Å². The van der Waals surface area contributed by atoms with E-state index in [9.17, 15) is 4.79 Å². The minimum absolute atomic E-state index is 0.0191. The molecule has 0 fully saturated rings. The summed E-state index contributed by atoms with van der Waals surface area (Å²) in [6.07, 6.45) is 0. The highest BCUT2D eigenvalue weighted by molar-refractivity contribution is 14.1. The van der Waals surface area contributed by atoms with Crippen LogP contribution >= 0.6 is 38.5 Å². The van der Waals surface area contributed by atoms with Crippen molar-refractivity contribution in [2.45, 2.75) is 0 Å². The topological polar surface area (TPSA) is 26.3 Å². The SMILES string of the molecule is O=C(COc1ccc(Br)cc1)c1ccc(I)cc1. The predicted octanol–water partition coefficient (Wildman–Crippen LogP) is 4.32. The molecule has 0 saturated heterocycles. The Morgan fingerprint density at radius 2 is 1.67 bits per heavy atom. The Hall–Kier alpha value is -0.880. The Labute approximate surface area is 128 Å². The second-order valence-electron chi connectivity index (χ2n) is 3.67. The maximum atomic E-state index is 11.9. The molecule has 0 heterocycles. The fourth-order valence-corrected chi connectivity index (χ4v) is 2.02. The van der Waals surface area contributed by atoms with Gasteiger partial charge in [-0.1, -0.05) is 28.1 Å². The van der Waals surface area contributed by atoms with E-state index in [1.165, 1.54) is 0 Å². The van der Waals surface area contributed by atoms with Gasteiger partial charge in [-0.25, -0.2) is 0 Å². The Morgan fingerprint density at radius 1 is 1.06 bits per heavy atom. The van der Waals surface area contributed by atoms with Gasteiger partial charge in [0.15, 0.2) is 12.4 Å². The van der Waals surface area contributed by atoms with Crippen LogP contribution in [0.15, 0.2) is 53.0 Å². The summed E-state index contributed by atoms with van der Waals surface area (Å²) in [6.45, 7) is 0.0578. The molecule has 2 aromatic carbocycles. The van der Waals surface area contributed by atoms with Crippen LogP contribution in [-0.2, 0) is 0 Å². The lowest BCUT2D eigenvalue weighted by molar-refractivity contribution is 0.0921. The summed E-state index contributed by atoms with van der Waals surface area (Å²) in [5.74, 6) is 0.673. The van der Waals surface area contributed by atoms with Gasteiger partial charge in [0.05, 0.1) is 0 Å². The number of benzene rings is 2. The highest BCUT2D eigenvalue weighted by atomic mass is 127. The third-order valence-electron chi connectivity index (χ3n) is 2.35. The third-order valence-corrected chi connectivity index (χ3v) is 3.60. The molecule has 92 valence electrons. The maximum Gasteiger partial charge on any atom is 0.200 e. The van der Waals surface area contributed by atoms with Gasteiger partial charge < -0.3 is 4.74 Å². The largest absolute Gasteiger partial charge is 0.485 e. The van der Waals surface area contributed by atoms with E-state index >= 15 is 0 Å². The number of carbonyl (C=O) groups excluding carboxylic acids is 1. The molecule has 0 atom stereocenters. The standard InChI is InChI=1S/C14H10BrIO2/c15-11-3-7-13(8-4-11)18-9-14(17)10-1-5-12(16)6-2-10/h1-8H,9H2. The van der Waals surface area contributed by atoms with Crippen molar-refractivity contribution in [3.63, 3.8) is 0 Å². The second-order valence-corrected chi connectivity index (χ2v) is 5.83. The molecule has 2 nitrogen and oxygen atoms in total. The smallest absolute Gasteiger partial charge is 0.200 e. The summed E-state index contributed by atoms with van der Waals surface area (Å²) < 4.78 is 7.53. The first kappa shape index (κ1) is 13.5. The van der Waals surface area contributed by atoms with Crippen molar-refractivity contribution in [2.75, 3.05) is 6.61 Å². The van der Waals surface area contributed by atoms with E-state index < -0.39 is 0 Å². The highest BCUT2D eigenvalue weighted by Gasteiger charge is 2.06. The number of halogens is 2. The quantitative estimate of drug-likeness (QED) is 0.548. The van der Waals surface area contributed by atoms with Gasteiger partial charge in [0, 0.05) is 13.6 Å². The third kappa shape index (κ3) is 3.81. The molecule has 2 aromatic rings. The fraction of sp³-hybridized carbons (Fsp3) is 0.0714. The van der Waals surface area contributed by atoms with E-state index in [1.54, 1.807) is 0 Å². The monoisotopic (exact) mass is 416 g/mol. The molecule has 0 aliphatic rings. The van der Waals surface area contributed by atoms with E-state index in [4.69, 9.17) is 4.74 Å². The van der Waals surface area contributed by atoms with Crippen molar-refractivity contribution < 1.29 is 9.53 Å². The molecular formula is C14H10BrIO2. The lowest BCUT2D eigenvalue weighted by Gasteiger charge is -2.05. The van der Waals surface area contributed by atoms with Crippen LogP contribution in [0, 0.1) is 3.57 Å². The van der Waals surface area contributed by atoms with Crippen molar-refractivity contribution in [1.82, 2.24) is 0 Å². The average molecular weight is 417 g/mol. The van der Waals surface area contributed by atoms with Crippen molar-refractivity contribution in [3.8, 4) is 5.75 Å². The van der Waals surface area contributed by atoms with Gasteiger partial charge in [-0.15, -0.1) is 0 Å². The molecule has 0 unspecified atom stereocenters. The van der Waals surface area contributed by atoms with E-state index in [0.29, 0.717) is 11.3 Å². The molecule has 0 radical (unpaired) electrons. The van der Waals surface area contributed by atoms with Gasteiger partial charge in [-0.2, -0.15) is 0 Å². The zero-order valence-corrected chi connectivity index (χ0v) is 13.1. The first-order chi connectivity index (χ1) is 8.65. The number of carbonyl (C=O) groups is 1. The minimum Gasteiger partial charge on any atom is -0.485 e. The molecule has 0 amide bonds. The molecule has 0 spiro atoms. The lowest BCUT2D eigenvalue weighted by atomic mass is 10.1. The number of rotatable bonds is 4. The van der Waals surface area contributed by atoms with Gasteiger partial charge in [-0.3, -0.25) is 4.79 Å². The number of hydrogen-bond acceptors (Lipinski definition) is 2. The minimum atomic E-state index is -0.0191. The molecule has 0 bridgehead atoms.